The highest BCUT2D eigenvalue weighted by atomic mass is 35.5. The molecule has 1 fully saturated rings. The molecule has 0 radical (unpaired) electrons. The summed E-state index contributed by atoms with van der Waals surface area (Å²) in [6, 6.07) is 2.75. The van der Waals surface area contributed by atoms with Crippen molar-refractivity contribution in [2.75, 3.05) is 26.0 Å². The van der Waals surface area contributed by atoms with Gasteiger partial charge in [0, 0.05) is 32.3 Å². The second kappa shape index (κ2) is 6.30. The Hall–Kier alpha value is -1.82. The quantitative estimate of drug-likeness (QED) is 0.669. The fraction of sp³-hybridized carbons (Fsp3) is 0.500. The van der Waals surface area contributed by atoms with Crippen LogP contribution in [0, 0.1) is 16.0 Å². The molecule has 1 N–H and O–H groups in total. The molecule has 1 aliphatic carbocycles. The molecule has 1 aromatic rings. The number of carbonyl (C=O) groups excluding carboxylic acids is 1. The minimum Gasteiger partial charge on any atom is -0.381 e. The van der Waals surface area contributed by atoms with E-state index >= 15 is 0 Å². The van der Waals surface area contributed by atoms with Crippen LogP contribution >= 0.6 is 11.6 Å². The molecule has 1 aromatic carbocycles. The number of hydrogen-bond acceptors (Lipinski definition) is 4. The van der Waals surface area contributed by atoms with E-state index in [0.29, 0.717) is 12.5 Å². The third kappa shape index (κ3) is 3.26. The monoisotopic (exact) mass is 311 g/mol. The maximum Gasteiger partial charge on any atom is 0.294 e. The highest BCUT2D eigenvalue weighted by molar-refractivity contribution is 6.34. The number of nitrogens with one attached hydrogen (secondary N) is 1. The second-order valence-electron chi connectivity index (χ2n) is 5.34. The Kier molecular flexibility index (Phi) is 4.67. The Morgan fingerprint density at radius 1 is 1.52 bits per heavy atom. The molecule has 0 bridgehead atoms. The van der Waals surface area contributed by atoms with E-state index in [1.165, 1.54) is 18.6 Å². The fourth-order valence-electron chi connectivity index (χ4n) is 2.47. The van der Waals surface area contributed by atoms with Gasteiger partial charge in [-0.15, -0.1) is 0 Å². The molecule has 7 heteroatoms. The van der Waals surface area contributed by atoms with Crippen LogP contribution in [0.5, 0.6) is 0 Å². The molecule has 21 heavy (non-hydrogen) atoms. The lowest BCUT2D eigenvalue weighted by atomic mass is 9.85. The van der Waals surface area contributed by atoms with Crippen LogP contribution in [0.4, 0.5) is 11.4 Å². The van der Waals surface area contributed by atoms with Crippen molar-refractivity contribution in [3.8, 4) is 0 Å². The predicted molar refractivity (Wildman–Crippen MR) is 82.0 cm³/mol. The third-order valence-electron chi connectivity index (χ3n) is 3.87. The summed E-state index contributed by atoms with van der Waals surface area (Å²) in [4.78, 5) is 24.5. The Morgan fingerprint density at radius 3 is 2.67 bits per heavy atom. The number of nitrogens with zero attached hydrogens (tertiary/aromatic N) is 2. The molecule has 0 unspecified atom stereocenters. The van der Waals surface area contributed by atoms with Gasteiger partial charge in [0.25, 0.3) is 11.6 Å². The summed E-state index contributed by atoms with van der Waals surface area (Å²) in [5, 5.41) is 14.0. The van der Waals surface area contributed by atoms with Crippen LogP contribution in [-0.2, 0) is 0 Å². The zero-order valence-electron chi connectivity index (χ0n) is 12.1. The van der Waals surface area contributed by atoms with Gasteiger partial charge in [-0.05, 0) is 24.8 Å². The zero-order valence-corrected chi connectivity index (χ0v) is 12.8. The molecule has 1 aliphatic rings. The van der Waals surface area contributed by atoms with Crippen molar-refractivity contribution in [2.24, 2.45) is 5.92 Å². The van der Waals surface area contributed by atoms with Gasteiger partial charge in [-0.3, -0.25) is 14.9 Å². The second-order valence-corrected chi connectivity index (χ2v) is 5.75. The first-order valence-corrected chi connectivity index (χ1v) is 7.23. The summed E-state index contributed by atoms with van der Waals surface area (Å²) in [6.07, 6.45) is 3.48. The average Bonchev–Trinajstić information content (AvgIpc) is 2.40. The number of halogens is 1. The number of benzene rings is 1. The van der Waals surface area contributed by atoms with Gasteiger partial charge in [0.1, 0.15) is 5.69 Å². The molecule has 1 saturated carbocycles. The van der Waals surface area contributed by atoms with Crippen LogP contribution in [0.3, 0.4) is 0 Å². The fourth-order valence-corrected chi connectivity index (χ4v) is 2.78. The predicted octanol–water partition coefficient (Wildman–Crippen LogP) is 3.16. The van der Waals surface area contributed by atoms with Crippen molar-refractivity contribution in [1.29, 1.82) is 0 Å². The average molecular weight is 312 g/mol. The standard InChI is InChI=1S/C14H18ClN3O3/c1-16-13-11(15)6-10(7-12(13)18(20)21)14(19)17(2)8-9-4-3-5-9/h6-7,9,16H,3-5,8H2,1-2H3. The molecule has 0 aromatic heterocycles. The molecule has 0 heterocycles. The van der Waals surface area contributed by atoms with Crippen molar-refractivity contribution in [3.05, 3.63) is 32.8 Å². The minimum atomic E-state index is -0.541. The topological polar surface area (TPSA) is 75.5 Å². The van der Waals surface area contributed by atoms with E-state index in [1.54, 1.807) is 19.0 Å². The number of anilines is 1. The lowest BCUT2D eigenvalue weighted by molar-refractivity contribution is -0.383. The van der Waals surface area contributed by atoms with E-state index in [2.05, 4.69) is 5.32 Å². The van der Waals surface area contributed by atoms with Crippen LogP contribution in [0.25, 0.3) is 0 Å². The summed E-state index contributed by atoms with van der Waals surface area (Å²) >= 11 is 6.03. The van der Waals surface area contributed by atoms with Gasteiger partial charge in [-0.1, -0.05) is 18.0 Å². The van der Waals surface area contributed by atoms with Gasteiger partial charge in [-0.25, -0.2) is 0 Å². The molecule has 1 amide bonds. The summed E-state index contributed by atoms with van der Waals surface area (Å²) < 4.78 is 0. The van der Waals surface area contributed by atoms with Crippen molar-refractivity contribution in [3.63, 3.8) is 0 Å². The van der Waals surface area contributed by atoms with E-state index in [0.717, 1.165) is 12.8 Å². The highest BCUT2D eigenvalue weighted by Crippen LogP contribution is 2.34. The summed E-state index contributed by atoms with van der Waals surface area (Å²) in [5.41, 5.74) is 0.276. The molecule has 0 spiro atoms. The van der Waals surface area contributed by atoms with E-state index in [9.17, 15) is 14.9 Å². The molecule has 2 rings (SSSR count). The molecule has 0 saturated heterocycles. The van der Waals surface area contributed by atoms with E-state index < -0.39 is 4.92 Å². The number of carbonyl (C=O) groups is 1. The maximum atomic E-state index is 12.4. The summed E-state index contributed by atoms with van der Waals surface area (Å²) in [5.74, 6) is 0.301. The molecular formula is C14H18ClN3O3. The lowest BCUT2D eigenvalue weighted by Crippen LogP contribution is -2.34. The molecule has 6 nitrogen and oxygen atoms in total. The summed E-state index contributed by atoms with van der Waals surface area (Å²) in [6.45, 7) is 0.679. The third-order valence-corrected chi connectivity index (χ3v) is 4.16. The van der Waals surface area contributed by atoms with E-state index in [1.807, 2.05) is 0 Å². The largest absolute Gasteiger partial charge is 0.381 e. The Labute approximate surface area is 128 Å². The SMILES string of the molecule is CNc1c(Cl)cc(C(=O)N(C)CC2CCC2)cc1[N+](=O)[O-]. The van der Waals surface area contributed by atoms with Crippen molar-refractivity contribution >= 4 is 28.9 Å². The highest BCUT2D eigenvalue weighted by Gasteiger charge is 2.25. The van der Waals surface area contributed by atoms with Gasteiger partial charge < -0.3 is 10.2 Å². The normalized spacial score (nSPS) is 14.4. The lowest BCUT2D eigenvalue weighted by Gasteiger charge is -2.30. The molecule has 0 atom stereocenters. The Morgan fingerprint density at radius 2 is 2.19 bits per heavy atom. The minimum absolute atomic E-state index is 0.173. The van der Waals surface area contributed by atoms with Crippen molar-refractivity contribution in [1.82, 2.24) is 4.90 Å². The van der Waals surface area contributed by atoms with Gasteiger partial charge in [0.05, 0.1) is 9.95 Å². The van der Waals surface area contributed by atoms with Gasteiger partial charge in [0.2, 0.25) is 0 Å². The Bertz CT molecular complexity index is 573. The first-order valence-electron chi connectivity index (χ1n) is 6.85. The number of nitro groups is 1. The summed E-state index contributed by atoms with van der Waals surface area (Å²) in [7, 11) is 3.27. The van der Waals surface area contributed by atoms with Gasteiger partial charge in [-0.2, -0.15) is 0 Å². The van der Waals surface area contributed by atoms with Crippen LogP contribution in [0.15, 0.2) is 12.1 Å². The first-order chi connectivity index (χ1) is 9.93. The van der Waals surface area contributed by atoms with Crippen LogP contribution in [0.2, 0.25) is 5.02 Å². The number of nitro benzene ring substituents is 1. The molecule has 0 aliphatic heterocycles. The Balaban J connectivity index is 2.26. The number of amides is 1. The van der Waals surface area contributed by atoms with Crippen molar-refractivity contribution < 1.29 is 9.72 Å². The maximum absolute atomic E-state index is 12.4. The smallest absolute Gasteiger partial charge is 0.294 e. The zero-order chi connectivity index (χ0) is 15.6. The van der Waals surface area contributed by atoms with Gasteiger partial charge in [0.15, 0.2) is 0 Å². The van der Waals surface area contributed by atoms with E-state index in [-0.39, 0.29) is 27.9 Å². The van der Waals surface area contributed by atoms with Gasteiger partial charge >= 0.3 is 0 Å². The number of hydrogen-bond donors (Lipinski definition) is 1. The first kappa shape index (κ1) is 15.6. The number of rotatable bonds is 5. The van der Waals surface area contributed by atoms with Crippen molar-refractivity contribution in [2.45, 2.75) is 19.3 Å². The molecule has 114 valence electrons. The van der Waals surface area contributed by atoms with Crippen LogP contribution in [-0.4, -0.2) is 36.4 Å². The van der Waals surface area contributed by atoms with E-state index in [4.69, 9.17) is 11.6 Å². The van der Waals surface area contributed by atoms with Crippen LogP contribution < -0.4 is 5.32 Å². The van der Waals surface area contributed by atoms with Crippen LogP contribution in [0.1, 0.15) is 29.6 Å². The molecular weight excluding hydrogens is 294 g/mol.